The van der Waals surface area contributed by atoms with Crippen molar-refractivity contribution in [3.05, 3.63) is 299 Å². The molecule has 0 radical (unpaired) electrons. The van der Waals surface area contributed by atoms with Gasteiger partial charge in [0, 0.05) is 40.3 Å². The van der Waals surface area contributed by atoms with Gasteiger partial charge in [0.05, 0.1) is 17.1 Å². The van der Waals surface area contributed by atoms with Crippen LogP contribution in [0.5, 0.6) is 11.5 Å². The number of benzene rings is 10. The smallest absolute Gasteiger partial charge is 0.508 e. The van der Waals surface area contributed by atoms with Crippen LogP contribution in [0.3, 0.4) is 0 Å². The van der Waals surface area contributed by atoms with Gasteiger partial charge in [-0.2, -0.15) is 51.6 Å². The average molecular weight is 1250 g/mol. The zero-order chi connectivity index (χ0) is 60.4. The van der Waals surface area contributed by atoms with Crippen molar-refractivity contribution in [1.29, 1.82) is 0 Å². The van der Waals surface area contributed by atoms with Gasteiger partial charge >= 0.3 is 31.3 Å². The van der Waals surface area contributed by atoms with Crippen LogP contribution in [0.25, 0.3) is 40.3 Å². The van der Waals surface area contributed by atoms with Gasteiger partial charge in [-0.25, -0.2) is 0 Å². The molecule has 9 nitrogen and oxygen atoms in total. The van der Waals surface area contributed by atoms with E-state index in [0.29, 0.717) is 0 Å². The Labute approximate surface area is 493 Å². The highest BCUT2D eigenvalue weighted by molar-refractivity contribution is 7.99. The van der Waals surface area contributed by atoms with Gasteiger partial charge < -0.3 is 9.29 Å². The van der Waals surface area contributed by atoms with E-state index in [2.05, 4.69) is 147 Å². The first kappa shape index (κ1) is 59.8. The van der Waals surface area contributed by atoms with Crippen molar-refractivity contribution in [3.8, 4) is 11.5 Å². The van der Waals surface area contributed by atoms with Gasteiger partial charge in [0.2, 0.25) is 0 Å². The number of rotatable bonds is 12. The van der Waals surface area contributed by atoms with Gasteiger partial charge in [0.1, 0.15) is 11.5 Å². The molecule has 12 aromatic rings. The third-order valence-corrected chi connectivity index (χ3v) is 19.7. The molecular weight excluding hydrogens is 1200 g/mol. The van der Waals surface area contributed by atoms with E-state index >= 15 is 0 Å². The largest absolute Gasteiger partial charge is 0.534 e. The van der Waals surface area contributed by atoms with Crippen LogP contribution in [0, 0.1) is 0 Å². The van der Waals surface area contributed by atoms with Crippen LogP contribution in [-0.4, -0.2) is 47.6 Å². The minimum absolute atomic E-state index is 0.191. The molecule has 0 aliphatic carbocycles. The fourth-order valence-electron chi connectivity index (χ4n) is 10.6. The summed E-state index contributed by atoms with van der Waals surface area (Å²) in [5.41, 5.74) is -4.25. The highest BCUT2D eigenvalue weighted by Crippen LogP contribution is 2.52. The third-order valence-electron chi connectivity index (χ3n) is 14.0. The van der Waals surface area contributed by atoms with E-state index in [9.17, 15) is 56.7 Å². The van der Waals surface area contributed by atoms with E-state index in [1.807, 2.05) is 90.2 Å². The molecule has 0 aliphatic rings. The number of alkyl halides is 6. The first-order valence-corrected chi connectivity index (χ1v) is 31.9. The van der Waals surface area contributed by atoms with Crippen LogP contribution in [0.4, 0.5) is 26.3 Å². The predicted octanol–water partition coefficient (Wildman–Crippen LogP) is 16.6. The van der Waals surface area contributed by atoms with Gasteiger partial charge in [0.25, 0.3) is 10.1 Å². The van der Waals surface area contributed by atoms with Crippen molar-refractivity contribution in [2.75, 3.05) is 6.26 Å². The van der Waals surface area contributed by atoms with E-state index in [0.717, 1.165) is 48.0 Å². The number of thiophene rings is 2. The minimum Gasteiger partial charge on any atom is -0.508 e. The lowest BCUT2D eigenvalue weighted by atomic mass is 9.65. The van der Waals surface area contributed by atoms with Crippen LogP contribution < -0.4 is 4.18 Å². The van der Waals surface area contributed by atoms with E-state index < -0.39 is 58.0 Å². The summed E-state index contributed by atoms with van der Waals surface area (Å²) in [4.78, 5) is 0. The molecule has 0 amide bonds. The van der Waals surface area contributed by atoms with Gasteiger partial charge in [0.15, 0.2) is 0 Å². The molecule has 0 unspecified atom stereocenters. The quantitative estimate of drug-likeness (QED) is 0.0548. The molecule has 12 rings (SSSR count). The number of hydrogen-bond acceptors (Lipinski definition) is 11. The van der Waals surface area contributed by atoms with Crippen molar-refractivity contribution in [1.82, 2.24) is 0 Å². The summed E-state index contributed by atoms with van der Waals surface area (Å²) >= 11 is 3.54. The molecule has 0 fully saturated rings. The first-order valence-electron chi connectivity index (χ1n) is 25.6. The molecule has 20 heteroatoms. The van der Waals surface area contributed by atoms with Crippen LogP contribution in [0.15, 0.2) is 255 Å². The fraction of sp³-hybridized carbons (Fsp3) is 0.0769. The predicted molar refractivity (Wildman–Crippen MR) is 323 cm³/mol. The highest BCUT2D eigenvalue weighted by Gasteiger charge is 2.50. The van der Waals surface area contributed by atoms with Gasteiger partial charge in [-0.1, -0.05) is 218 Å². The Bertz CT molecular complexity index is 4600. The van der Waals surface area contributed by atoms with E-state index in [1.165, 1.54) is 49.0 Å². The second-order valence-corrected chi connectivity index (χ2v) is 26.2. The van der Waals surface area contributed by atoms with Crippen molar-refractivity contribution in [2.45, 2.75) is 21.8 Å². The standard InChI is InChI=1S/C32H21F3O3S2.C31H22OS.C2H3F3O5S2/c33-32(34,35)40(36,37)38-25-20-18-24(19-21-25)31(22-10-3-1-4-11-22,23-12-5-2-6-13-23)28-16-9-15-27-26-14-7-8-17-29(26)39-30(27)28;32-25-20-18-24(19-21-25)31(22-10-3-1-4-11-22,23-12-5-2-6-13-23)28-16-9-15-27-26-14-7-8-17-29(26)33-30(27)28;1-11(6,7)10-12(8,9)2(3,4)5/h1-21H;1-21,32H;1H3. The lowest BCUT2D eigenvalue weighted by Gasteiger charge is -2.37. The monoisotopic (exact) mass is 1240 g/mol. The summed E-state index contributed by atoms with van der Waals surface area (Å²) in [6.45, 7) is 0. The molecule has 0 saturated carbocycles. The van der Waals surface area contributed by atoms with Gasteiger partial charge in [-0.15, -0.1) is 26.3 Å². The Kier molecular flexibility index (Phi) is 16.6. The summed E-state index contributed by atoms with van der Waals surface area (Å²) in [6, 6.07) is 84.4. The van der Waals surface area contributed by atoms with E-state index in [-0.39, 0.29) is 12.0 Å². The molecule has 0 bridgehead atoms. The molecule has 0 aliphatic heterocycles. The van der Waals surface area contributed by atoms with Crippen molar-refractivity contribution in [3.63, 3.8) is 0 Å². The Morgan fingerprint density at radius 1 is 0.353 bits per heavy atom. The lowest BCUT2D eigenvalue weighted by molar-refractivity contribution is -0.0503. The Balaban J connectivity index is 0.000000161. The summed E-state index contributed by atoms with van der Waals surface area (Å²) in [7, 11) is -16.5. The summed E-state index contributed by atoms with van der Waals surface area (Å²) in [5.74, 6) is -0.148. The van der Waals surface area contributed by atoms with Crippen molar-refractivity contribution in [2.24, 2.45) is 0 Å². The third kappa shape index (κ3) is 11.8. The maximum atomic E-state index is 13.0. The molecule has 0 spiro atoms. The Morgan fingerprint density at radius 3 is 0.988 bits per heavy atom. The molecule has 0 saturated heterocycles. The van der Waals surface area contributed by atoms with E-state index in [4.69, 9.17) is 0 Å². The van der Waals surface area contributed by atoms with Crippen LogP contribution >= 0.6 is 22.7 Å². The topological polar surface area (TPSA) is 141 Å². The maximum absolute atomic E-state index is 13.0. The molecule has 0 atom stereocenters. The highest BCUT2D eigenvalue weighted by atomic mass is 32.3. The minimum atomic E-state index is -6.04. The fourth-order valence-corrected chi connectivity index (χ4v) is 15.2. The number of phenolic OH excluding ortho intramolecular Hbond substituents is 1. The normalized spacial score (nSPS) is 12.6. The zero-order valence-corrected chi connectivity index (χ0v) is 48.4. The number of hydrogen-bond donors (Lipinski definition) is 1. The second-order valence-electron chi connectivity index (χ2n) is 19.3. The van der Waals surface area contributed by atoms with Crippen molar-refractivity contribution >= 4 is 93.4 Å². The summed E-state index contributed by atoms with van der Waals surface area (Å²) < 4.78 is 148. The number of fused-ring (bicyclic) bond motifs is 6. The lowest BCUT2D eigenvalue weighted by Crippen LogP contribution is -2.31. The number of aromatic hydroxyl groups is 1. The maximum Gasteiger partial charge on any atom is 0.534 e. The molecule has 432 valence electrons. The zero-order valence-electron chi connectivity index (χ0n) is 44.3. The van der Waals surface area contributed by atoms with Crippen molar-refractivity contribution < 1.29 is 64.5 Å². The Hall–Kier alpha value is -8.37. The molecule has 2 aromatic heterocycles. The number of phenols is 1. The molecular formula is C65H46F6O9S5. The summed E-state index contributed by atoms with van der Waals surface area (Å²) in [6.07, 6.45) is 0.191. The van der Waals surface area contributed by atoms with Gasteiger partial charge in [-0.05, 0) is 80.9 Å². The SMILES string of the molecule is CS(=O)(=O)OS(=O)(=O)C(F)(F)F.O=S(=O)(Oc1ccc(C(c2ccccc2)(c2ccccc2)c2cccc3c2sc2ccccc23)cc1)C(F)(F)F.Oc1ccc(C(c2ccccc2)(c2ccccc2)c2cccc3c2sc2ccccc23)cc1. The Morgan fingerprint density at radius 2 is 0.659 bits per heavy atom. The molecule has 2 heterocycles. The van der Waals surface area contributed by atoms with Crippen LogP contribution in [-0.2, 0) is 44.8 Å². The van der Waals surface area contributed by atoms with E-state index in [1.54, 1.807) is 35.6 Å². The van der Waals surface area contributed by atoms with Crippen LogP contribution in [0.2, 0.25) is 0 Å². The molecule has 10 aromatic carbocycles. The number of halogens is 6. The molecule has 1 N–H and O–H groups in total. The molecule has 85 heavy (non-hydrogen) atoms. The first-order chi connectivity index (χ1) is 40.5. The summed E-state index contributed by atoms with van der Waals surface area (Å²) in [5, 5.41) is 14.9. The van der Waals surface area contributed by atoms with Crippen LogP contribution in [0.1, 0.15) is 44.5 Å². The average Bonchev–Trinajstić information content (AvgIpc) is 2.66. The second kappa shape index (κ2) is 23.6. The van der Waals surface area contributed by atoms with Gasteiger partial charge in [-0.3, -0.25) is 0 Å².